The van der Waals surface area contributed by atoms with Gasteiger partial charge in [0, 0.05) is 24.9 Å². The Kier molecular flexibility index (Phi) is 5.81. The minimum absolute atomic E-state index is 0.0845. The molecule has 2 rings (SSSR count). The number of carbonyl (C=O) groups excluding carboxylic acids is 2. The van der Waals surface area contributed by atoms with E-state index in [9.17, 15) is 9.59 Å². The number of hydrogen-bond donors (Lipinski definition) is 3. The van der Waals surface area contributed by atoms with Crippen LogP contribution in [0.15, 0.2) is 30.3 Å². The van der Waals surface area contributed by atoms with Crippen LogP contribution in [-0.4, -0.2) is 25.0 Å². The summed E-state index contributed by atoms with van der Waals surface area (Å²) in [6.45, 7) is 1.24. The van der Waals surface area contributed by atoms with Gasteiger partial charge < -0.3 is 16.4 Å². The molecule has 120 valence electrons. The van der Waals surface area contributed by atoms with E-state index in [4.69, 9.17) is 5.73 Å². The van der Waals surface area contributed by atoms with E-state index in [1.165, 1.54) is 12.0 Å². The zero-order valence-electron chi connectivity index (χ0n) is 12.9. The van der Waals surface area contributed by atoms with Gasteiger partial charge in [-0.05, 0) is 31.2 Å². The standard InChI is InChI=1S/C17H25N3O2/c18-16(22)19-12-5-4-9-15(21)20-13-17(10-6-11-17)14-7-2-1-3-8-14/h1-3,7-8H,4-6,9-13H2,(H,20,21)(H3,18,19,22). The molecule has 5 heteroatoms. The van der Waals surface area contributed by atoms with Crippen molar-refractivity contribution < 1.29 is 9.59 Å². The smallest absolute Gasteiger partial charge is 0.312 e. The molecule has 0 aliphatic heterocycles. The quantitative estimate of drug-likeness (QED) is 0.642. The van der Waals surface area contributed by atoms with Crippen molar-refractivity contribution in [1.82, 2.24) is 10.6 Å². The van der Waals surface area contributed by atoms with Crippen molar-refractivity contribution >= 4 is 11.9 Å². The lowest BCUT2D eigenvalue weighted by Crippen LogP contribution is -2.45. The highest BCUT2D eigenvalue weighted by Gasteiger charge is 2.38. The molecule has 0 saturated heterocycles. The molecule has 0 atom stereocenters. The van der Waals surface area contributed by atoms with Gasteiger partial charge >= 0.3 is 6.03 Å². The first kappa shape index (κ1) is 16.3. The molecule has 1 aliphatic rings. The van der Waals surface area contributed by atoms with E-state index >= 15 is 0 Å². The van der Waals surface area contributed by atoms with Gasteiger partial charge in [0.15, 0.2) is 0 Å². The lowest BCUT2D eigenvalue weighted by Gasteiger charge is -2.42. The van der Waals surface area contributed by atoms with Gasteiger partial charge in [-0.3, -0.25) is 4.79 Å². The molecule has 0 spiro atoms. The van der Waals surface area contributed by atoms with Crippen molar-refractivity contribution in [3.8, 4) is 0 Å². The normalized spacial score (nSPS) is 15.6. The summed E-state index contributed by atoms with van der Waals surface area (Å²) in [5.74, 6) is 0.0845. The second-order valence-corrected chi connectivity index (χ2v) is 6.02. The lowest BCUT2D eigenvalue weighted by molar-refractivity contribution is -0.121. The SMILES string of the molecule is NC(=O)NCCCCC(=O)NCC1(c2ccccc2)CCC1. The molecule has 0 unspecified atom stereocenters. The number of carbonyl (C=O) groups is 2. The number of nitrogens with two attached hydrogens (primary N) is 1. The number of hydrogen-bond acceptors (Lipinski definition) is 2. The van der Waals surface area contributed by atoms with Crippen LogP contribution in [0.4, 0.5) is 4.79 Å². The van der Waals surface area contributed by atoms with Crippen LogP contribution >= 0.6 is 0 Å². The molecular formula is C17H25N3O2. The minimum Gasteiger partial charge on any atom is -0.355 e. The first-order chi connectivity index (χ1) is 10.6. The van der Waals surface area contributed by atoms with Crippen molar-refractivity contribution in [2.24, 2.45) is 5.73 Å². The highest BCUT2D eigenvalue weighted by Crippen LogP contribution is 2.43. The van der Waals surface area contributed by atoms with Crippen LogP contribution in [0.3, 0.4) is 0 Å². The zero-order chi connectivity index (χ0) is 15.8. The number of urea groups is 1. The third-order valence-electron chi connectivity index (χ3n) is 4.45. The van der Waals surface area contributed by atoms with Gasteiger partial charge in [-0.15, -0.1) is 0 Å². The van der Waals surface area contributed by atoms with Gasteiger partial charge in [-0.25, -0.2) is 4.79 Å². The van der Waals surface area contributed by atoms with E-state index in [-0.39, 0.29) is 11.3 Å². The Hall–Kier alpha value is -2.04. The Morgan fingerprint density at radius 1 is 1.09 bits per heavy atom. The predicted octanol–water partition coefficient (Wildman–Crippen LogP) is 2.06. The molecule has 1 fully saturated rings. The maximum absolute atomic E-state index is 11.9. The third-order valence-corrected chi connectivity index (χ3v) is 4.45. The zero-order valence-corrected chi connectivity index (χ0v) is 12.9. The molecule has 1 aromatic carbocycles. The van der Waals surface area contributed by atoms with Gasteiger partial charge in [0.25, 0.3) is 0 Å². The Labute approximate surface area is 131 Å². The summed E-state index contributed by atoms with van der Waals surface area (Å²) >= 11 is 0. The van der Waals surface area contributed by atoms with Crippen molar-refractivity contribution in [2.45, 2.75) is 43.9 Å². The summed E-state index contributed by atoms with van der Waals surface area (Å²) in [7, 11) is 0. The van der Waals surface area contributed by atoms with E-state index in [1.807, 2.05) is 6.07 Å². The Balaban J connectivity index is 1.70. The molecule has 0 aromatic heterocycles. The Morgan fingerprint density at radius 3 is 2.41 bits per heavy atom. The second-order valence-electron chi connectivity index (χ2n) is 6.02. The van der Waals surface area contributed by atoms with E-state index in [2.05, 4.69) is 34.9 Å². The van der Waals surface area contributed by atoms with Crippen molar-refractivity contribution in [3.63, 3.8) is 0 Å². The molecule has 0 bridgehead atoms. The van der Waals surface area contributed by atoms with Crippen LogP contribution in [-0.2, 0) is 10.2 Å². The Bertz CT molecular complexity index is 498. The molecule has 1 aromatic rings. The van der Waals surface area contributed by atoms with E-state index < -0.39 is 6.03 Å². The lowest BCUT2D eigenvalue weighted by atomic mass is 9.64. The summed E-state index contributed by atoms with van der Waals surface area (Å²) in [6.07, 6.45) is 5.51. The maximum atomic E-state index is 11.9. The van der Waals surface area contributed by atoms with Crippen LogP contribution in [0.2, 0.25) is 0 Å². The summed E-state index contributed by atoms with van der Waals surface area (Å²) in [5.41, 5.74) is 6.43. The summed E-state index contributed by atoms with van der Waals surface area (Å²) in [5, 5.41) is 5.60. The van der Waals surface area contributed by atoms with E-state index in [1.54, 1.807) is 0 Å². The van der Waals surface area contributed by atoms with Gasteiger partial charge in [0.1, 0.15) is 0 Å². The number of rotatable bonds is 8. The average molecular weight is 303 g/mol. The topological polar surface area (TPSA) is 84.2 Å². The molecule has 3 amide bonds. The average Bonchev–Trinajstić information content (AvgIpc) is 2.46. The number of primary amides is 1. The van der Waals surface area contributed by atoms with Crippen LogP contribution in [0.25, 0.3) is 0 Å². The highest BCUT2D eigenvalue weighted by molar-refractivity contribution is 5.76. The summed E-state index contributed by atoms with van der Waals surface area (Å²) in [4.78, 5) is 22.5. The van der Waals surface area contributed by atoms with Crippen molar-refractivity contribution in [2.75, 3.05) is 13.1 Å². The first-order valence-electron chi connectivity index (χ1n) is 7.98. The number of amides is 3. The number of benzene rings is 1. The number of nitrogens with one attached hydrogen (secondary N) is 2. The molecule has 5 nitrogen and oxygen atoms in total. The molecule has 0 heterocycles. The molecule has 22 heavy (non-hydrogen) atoms. The maximum Gasteiger partial charge on any atom is 0.312 e. The second kappa shape index (κ2) is 7.82. The fourth-order valence-electron chi connectivity index (χ4n) is 2.94. The molecule has 0 radical (unpaired) electrons. The van der Waals surface area contributed by atoms with Gasteiger partial charge in [-0.2, -0.15) is 0 Å². The molecule has 1 aliphatic carbocycles. The fourth-order valence-corrected chi connectivity index (χ4v) is 2.94. The van der Waals surface area contributed by atoms with E-state index in [0.717, 1.165) is 32.2 Å². The number of unbranched alkanes of at least 4 members (excludes halogenated alkanes) is 1. The third kappa shape index (κ3) is 4.48. The first-order valence-corrected chi connectivity index (χ1v) is 7.98. The molecule has 1 saturated carbocycles. The van der Waals surface area contributed by atoms with Crippen LogP contribution < -0.4 is 16.4 Å². The molecule has 4 N–H and O–H groups in total. The monoisotopic (exact) mass is 303 g/mol. The predicted molar refractivity (Wildman–Crippen MR) is 86.4 cm³/mol. The van der Waals surface area contributed by atoms with Gasteiger partial charge in [0.05, 0.1) is 0 Å². The van der Waals surface area contributed by atoms with E-state index in [0.29, 0.717) is 13.0 Å². The largest absolute Gasteiger partial charge is 0.355 e. The van der Waals surface area contributed by atoms with Gasteiger partial charge in [-0.1, -0.05) is 36.8 Å². The summed E-state index contributed by atoms with van der Waals surface area (Å²) < 4.78 is 0. The van der Waals surface area contributed by atoms with Crippen molar-refractivity contribution in [3.05, 3.63) is 35.9 Å². The summed E-state index contributed by atoms with van der Waals surface area (Å²) in [6, 6.07) is 9.93. The molecular weight excluding hydrogens is 278 g/mol. The highest BCUT2D eigenvalue weighted by atomic mass is 16.2. The minimum atomic E-state index is -0.515. The van der Waals surface area contributed by atoms with Crippen molar-refractivity contribution in [1.29, 1.82) is 0 Å². The fraction of sp³-hybridized carbons (Fsp3) is 0.529. The van der Waals surface area contributed by atoms with Crippen LogP contribution in [0.1, 0.15) is 44.1 Å². The Morgan fingerprint density at radius 2 is 1.82 bits per heavy atom. The van der Waals surface area contributed by atoms with Crippen LogP contribution in [0, 0.1) is 0 Å². The van der Waals surface area contributed by atoms with Crippen LogP contribution in [0.5, 0.6) is 0 Å². The van der Waals surface area contributed by atoms with Gasteiger partial charge in [0.2, 0.25) is 5.91 Å².